The molecule has 0 rings (SSSR count). The number of hydrogen-bond donors (Lipinski definition) is 0. The van der Waals surface area contributed by atoms with Crippen molar-refractivity contribution in [2.24, 2.45) is 0 Å². The van der Waals surface area contributed by atoms with E-state index in [1.165, 1.54) is 231 Å². The van der Waals surface area contributed by atoms with Crippen LogP contribution < -0.4 is 0 Å². The van der Waals surface area contributed by atoms with Crippen LogP contribution in [0.4, 0.5) is 0 Å². The Morgan fingerprint density at radius 3 is 0.778 bits per heavy atom. The SMILES string of the molecule is CC/C=C\C/C=C\C/C=C\C/C=C\C/C=C\CCCCCC(=O)OC(COC(=O)CCCCCCCCCCC)COC(=O)CCCCCCCCCCCCCCCCCCCCCCCCC/C=C\CCCCCCCCCC. The number of esters is 3. The Bertz CT molecular complexity index is 1490. The maximum Gasteiger partial charge on any atom is 0.306 e. The molecule has 0 bridgehead atoms. The molecule has 0 aliphatic carbocycles. The van der Waals surface area contributed by atoms with Crippen LogP contribution in [0.5, 0.6) is 0 Å². The quantitative estimate of drug-likeness (QED) is 0.0261. The zero-order valence-electron chi connectivity index (χ0n) is 54.1. The number of hydrogen-bond acceptors (Lipinski definition) is 6. The third kappa shape index (κ3) is 67.5. The van der Waals surface area contributed by atoms with Gasteiger partial charge in [0.15, 0.2) is 6.10 Å². The second kappa shape index (κ2) is 69.3. The lowest BCUT2D eigenvalue weighted by Gasteiger charge is -2.18. The molecule has 0 N–H and O–H groups in total. The van der Waals surface area contributed by atoms with Crippen molar-refractivity contribution in [3.63, 3.8) is 0 Å². The van der Waals surface area contributed by atoms with Crippen LogP contribution in [0, 0.1) is 0 Å². The van der Waals surface area contributed by atoms with E-state index in [-0.39, 0.29) is 31.1 Å². The van der Waals surface area contributed by atoms with Gasteiger partial charge in [-0.05, 0) is 89.9 Å². The first-order chi connectivity index (χ1) is 40.0. The summed E-state index contributed by atoms with van der Waals surface area (Å²) in [6, 6.07) is 0. The van der Waals surface area contributed by atoms with Gasteiger partial charge in [-0.3, -0.25) is 14.4 Å². The zero-order chi connectivity index (χ0) is 58.5. The van der Waals surface area contributed by atoms with Gasteiger partial charge in [-0.1, -0.05) is 331 Å². The summed E-state index contributed by atoms with van der Waals surface area (Å²) in [7, 11) is 0. The minimum absolute atomic E-state index is 0.0848. The second-order valence-corrected chi connectivity index (χ2v) is 23.8. The van der Waals surface area contributed by atoms with Crippen molar-refractivity contribution in [3.8, 4) is 0 Å². The van der Waals surface area contributed by atoms with Crippen LogP contribution in [0.25, 0.3) is 0 Å². The number of ether oxygens (including phenoxy) is 3. The van der Waals surface area contributed by atoms with E-state index in [1.54, 1.807) is 0 Å². The topological polar surface area (TPSA) is 78.9 Å². The average Bonchev–Trinajstić information content (AvgIpc) is 3.47. The molecule has 0 saturated heterocycles. The second-order valence-electron chi connectivity index (χ2n) is 23.8. The van der Waals surface area contributed by atoms with Gasteiger partial charge < -0.3 is 14.2 Å². The molecule has 0 fully saturated rings. The lowest BCUT2D eigenvalue weighted by molar-refractivity contribution is -0.167. The molecule has 0 aromatic rings. The molecule has 470 valence electrons. The third-order valence-electron chi connectivity index (χ3n) is 15.7. The van der Waals surface area contributed by atoms with Gasteiger partial charge in [-0.25, -0.2) is 0 Å². The van der Waals surface area contributed by atoms with E-state index in [2.05, 4.69) is 93.7 Å². The minimum Gasteiger partial charge on any atom is -0.462 e. The number of allylic oxidation sites excluding steroid dienone is 12. The molecule has 0 aromatic carbocycles. The molecule has 6 heteroatoms. The maximum absolute atomic E-state index is 12.9. The van der Waals surface area contributed by atoms with Gasteiger partial charge in [0.25, 0.3) is 0 Å². The van der Waals surface area contributed by atoms with Gasteiger partial charge in [0, 0.05) is 19.3 Å². The molecular weight excluding hydrogens is 997 g/mol. The Labute approximate surface area is 503 Å². The van der Waals surface area contributed by atoms with E-state index in [0.717, 1.165) is 96.3 Å². The van der Waals surface area contributed by atoms with Crippen molar-refractivity contribution >= 4 is 17.9 Å². The molecule has 0 saturated carbocycles. The highest BCUT2D eigenvalue weighted by Gasteiger charge is 2.19. The van der Waals surface area contributed by atoms with Gasteiger partial charge in [-0.2, -0.15) is 0 Å². The molecule has 6 nitrogen and oxygen atoms in total. The van der Waals surface area contributed by atoms with E-state index in [1.807, 2.05) is 0 Å². The first kappa shape index (κ1) is 77.9. The lowest BCUT2D eigenvalue weighted by atomic mass is 10.0. The molecule has 81 heavy (non-hydrogen) atoms. The fourth-order valence-electron chi connectivity index (χ4n) is 10.4. The smallest absolute Gasteiger partial charge is 0.306 e. The molecule has 1 unspecified atom stereocenters. The number of carbonyl (C=O) groups is 3. The van der Waals surface area contributed by atoms with Crippen molar-refractivity contribution < 1.29 is 28.6 Å². The Morgan fingerprint density at radius 2 is 0.481 bits per heavy atom. The van der Waals surface area contributed by atoms with Gasteiger partial charge in [0.2, 0.25) is 0 Å². The number of rotatable bonds is 65. The summed E-state index contributed by atoms with van der Waals surface area (Å²) in [6.07, 6.45) is 91.1. The first-order valence-electron chi connectivity index (χ1n) is 35.4. The Kier molecular flexibility index (Phi) is 66.6. The van der Waals surface area contributed by atoms with E-state index in [4.69, 9.17) is 14.2 Å². The minimum atomic E-state index is -0.790. The average molecular weight is 1130 g/mol. The van der Waals surface area contributed by atoms with Gasteiger partial charge in [-0.15, -0.1) is 0 Å². The Balaban J connectivity index is 4.05. The van der Waals surface area contributed by atoms with Crippen LogP contribution >= 0.6 is 0 Å². The van der Waals surface area contributed by atoms with Crippen LogP contribution in [0.2, 0.25) is 0 Å². The van der Waals surface area contributed by atoms with Crippen molar-refractivity contribution in [1.29, 1.82) is 0 Å². The van der Waals surface area contributed by atoms with Crippen molar-refractivity contribution in [3.05, 3.63) is 72.9 Å². The summed E-state index contributed by atoms with van der Waals surface area (Å²) in [5.41, 5.74) is 0. The number of carbonyl (C=O) groups excluding carboxylic acids is 3. The fourth-order valence-corrected chi connectivity index (χ4v) is 10.4. The van der Waals surface area contributed by atoms with E-state index in [0.29, 0.717) is 19.3 Å². The Hall–Kier alpha value is -3.15. The summed E-state index contributed by atoms with van der Waals surface area (Å²) < 4.78 is 16.9. The van der Waals surface area contributed by atoms with Gasteiger partial charge in [0.05, 0.1) is 0 Å². The standard InChI is InChI=1S/C75H134O6/c1-4-7-10-13-16-19-21-23-25-27-29-30-31-32-33-34-35-36-37-38-39-40-41-42-43-44-46-47-49-51-53-56-59-62-65-68-74(77)80-71-72(70-79-73(76)67-64-61-58-55-18-15-12-9-6-3)81-75(78)69-66-63-60-57-54-52-50-48-45-28-26-24-22-20-17-14-11-8-5-2/h8,11,17,20,24,26-27,29,45,48,52,54,72H,4-7,9-10,12-16,18-19,21-23,25,28,30-44,46-47,49-51,53,55-71H2,1-3H3/b11-8-,20-17-,26-24-,29-27-,48-45-,54-52-. The highest BCUT2D eigenvalue weighted by molar-refractivity contribution is 5.71. The maximum atomic E-state index is 12.9. The van der Waals surface area contributed by atoms with Crippen LogP contribution in [-0.4, -0.2) is 37.2 Å². The highest BCUT2D eigenvalue weighted by atomic mass is 16.6. The van der Waals surface area contributed by atoms with Crippen molar-refractivity contribution in [1.82, 2.24) is 0 Å². The van der Waals surface area contributed by atoms with Crippen LogP contribution in [0.3, 0.4) is 0 Å². The van der Waals surface area contributed by atoms with E-state index in [9.17, 15) is 14.4 Å². The molecule has 0 amide bonds. The van der Waals surface area contributed by atoms with Crippen molar-refractivity contribution in [2.75, 3.05) is 13.2 Å². The van der Waals surface area contributed by atoms with Crippen LogP contribution in [0.1, 0.15) is 367 Å². The molecule has 0 aromatic heterocycles. The molecular formula is C75H134O6. The summed E-state index contributed by atoms with van der Waals surface area (Å²) >= 11 is 0. The predicted molar refractivity (Wildman–Crippen MR) is 353 cm³/mol. The van der Waals surface area contributed by atoms with Crippen LogP contribution in [0.15, 0.2) is 72.9 Å². The lowest BCUT2D eigenvalue weighted by Crippen LogP contribution is -2.30. The molecule has 0 radical (unpaired) electrons. The first-order valence-corrected chi connectivity index (χ1v) is 35.4. The van der Waals surface area contributed by atoms with E-state index < -0.39 is 6.10 Å². The summed E-state index contributed by atoms with van der Waals surface area (Å²) in [5, 5.41) is 0. The highest BCUT2D eigenvalue weighted by Crippen LogP contribution is 2.18. The monoisotopic (exact) mass is 1130 g/mol. The summed E-state index contributed by atoms with van der Waals surface area (Å²) in [4.78, 5) is 38.2. The Morgan fingerprint density at radius 1 is 0.259 bits per heavy atom. The van der Waals surface area contributed by atoms with Crippen LogP contribution in [-0.2, 0) is 28.6 Å². The van der Waals surface area contributed by atoms with E-state index >= 15 is 0 Å². The zero-order valence-corrected chi connectivity index (χ0v) is 54.1. The number of unbranched alkanes of at least 4 members (excludes halogenated alkanes) is 42. The predicted octanol–water partition coefficient (Wildman–Crippen LogP) is 24.4. The molecule has 0 aliphatic heterocycles. The van der Waals surface area contributed by atoms with Gasteiger partial charge in [0.1, 0.15) is 13.2 Å². The fraction of sp³-hybridized carbons (Fsp3) is 0.800. The van der Waals surface area contributed by atoms with Gasteiger partial charge >= 0.3 is 17.9 Å². The molecule has 0 aliphatic rings. The molecule has 0 heterocycles. The molecule has 1 atom stereocenters. The third-order valence-corrected chi connectivity index (χ3v) is 15.7. The largest absolute Gasteiger partial charge is 0.462 e. The summed E-state index contributed by atoms with van der Waals surface area (Å²) in [5.74, 6) is -0.903. The summed E-state index contributed by atoms with van der Waals surface area (Å²) in [6.45, 7) is 6.52. The van der Waals surface area contributed by atoms with Crippen molar-refractivity contribution in [2.45, 2.75) is 374 Å². The molecule has 0 spiro atoms. The normalized spacial score (nSPS) is 12.5.